The number of nitrogens with zero attached hydrogens (tertiary/aromatic N) is 1. The van der Waals surface area contributed by atoms with Crippen LogP contribution in [0.1, 0.15) is 5.56 Å². The molecule has 0 bridgehead atoms. The highest BCUT2D eigenvalue weighted by Gasteiger charge is 2.08. The van der Waals surface area contributed by atoms with E-state index in [9.17, 15) is 4.39 Å². The molecule has 0 saturated heterocycles. The van der Waals surface area contributed by atoms with E-state index in [4.69, 9.17) is 9.47 Å². The Morgan fingerprint density at radius 2 is 1.79 bits per heavy atom. The van der Waals surface area contributed by atoms with Gasteiger partial charge in [-0.1, -0.05) is 0 Å². The van der Waals surface area contributed by atoms with Crippen molar-refractivity contribution < 1.29 is 13.9 Å². The fourth-order valence-electron chi connectivity index (χ4n) is 1.19. The molecular formula is C10H13FNO2-. The van der Waals surface area contributed by atoms with Gasteiger partial charge in [0.15, 0.2) is 11.5 Å². The molecule has 1 aromatic carbocycles. The van der Waals surface area contributed by atoms with E-state index < -0.39 is 0 Å². The minimum Gasteiger partial charge on any atom is -0.661 e. The van der Waals surface area contributed by atoms with E-state index >= 15 is 0 Å². The van der Waals surface area contributed by atoms with Gasteiger partial charge in [-0.15, -0.1) is 6.54 Å². The maximum Gasteiger partial charge on any atom is 0.163 e. The molecule has 1 rings (SSSR count). The third kappa shape index (κ3) is 2.14. The molecule has 14 heavy (non-hydrogen) atoms. The lowest BCUT2D eigenvalue weighted by Gasteiger charge is -2.15. The Bertz CT molecular complexity index is 315. The summed E-state index contributed by atoms with van der Waals surface area (Å²) in [6, 6.07) is 2.90. The van der Waals surface area contributed by atoms with Crippen molar-refractivity contribution in [2.45, 2.75) is 6.54 Å². The number of methoxy groups -OCH3 is 2. The Labute approximate surface area is 82.8 Å². The van der Waals surface area contributed by atoms with E-state index in [2.05, 4.69) is 5.32 Å². The summed E-state index contributed by atoms with van der Waals surface area (Å²) in [7, 11) is 4.62. The number of hydrogen-bond donors (Lipinski definition) is 0. The van der Waals surface area contributed by atoms with Crippen LogP contribution in [0, 0.1) is 5.82 Å². The highest BCUT2D eigenvalue weighted by atomic mass is 19.1. The molecule has 0 heterocycles. The van der Waals surface area contributed by atoms with Gasteiger partial charge in [0.05, 0.1) is 14.2 Å². The van der Waals surface area contributed by atoms with Gasteiger partial charge in [0.2, 0.25) is 0 Å². The van der Waals surface area contributed by atoms with Gasteiger partial charge >= 0.3 is 0 Å². The summed E-state index contributed by atoms with van der Waals surface area (Å²) in [5.41, 5.74) is 0.505. The molecule has 0 radical (unpaired) electrons. The van der Waals surface area contributed by atoms with Crippen molar-refractivity contribution in [1.29, 1.82) is 0 Å². The average Bonchev–Trinajstić information content (AvgIpc) is 2.20. The zero-order chi connectivity index (χ0) is 10.6. The molecule has 3 nitrogen and oxygen atoms in total. The molecule has 0 saturated carbocycles. The second kappa shape index (κ2) is 4.81. The van der Waals surface area contributed by atoms with Crippen molar-refractivity contribution in [1.82, 2.24) is 0 Å². The molecule has 0 aliphatic rings. The van der Waals surface area contributed by atoms with Crippen LogP contribution >= 0.6 is 0 Å². The molecule has 0 unspecified atom stereocenters. The van der Waals surface area contributed by atoms with E-state index in [1.54, 1.807) is 13.1 Å². The van der Waals surface area contributed by atoms with E-state index in [1.165, 1.54) is 20.3 Å². The van der Waals surface area contributed by atoms with Crippen LogP contribution in [-0.4, -0.2) is 21.3 Å². The maximum absolute atomic E-state index is 13.3. The zero-order valence-corrected chi connectivity index (χ0v) is 8.50. The first-order chi connectivity index (χ1) is 6.72. The summed E-state index contributed by atoms with van der Waals surface area (Å²) < 4.78 is 23.3. The third-order valence-corrected chi connectivity index (χ3v) is 1.88. The summed E-state index contributed by atoms with van der Waals surface area (Å²) in [5.74, 6) is 0.589. The normalized spacial score (nSPS) is 10.0. The number of ether oxygens (including phenoxy) is 2. The molecule has 0 aliphatic carbocycles. The van der Waals surface area contributed by atoms with Gasteiger partial charge in [0.1, 0.15) is 5.82 Å². The van der Waals surface area contributed by atoms with Crippen LogP contribution in [0.15, 0.2) is 12.1 Å². The Morgan fingerprint density at radius 3 is 2.29 bits per heavy atom. The smallest absolute Gasteiger partial charge is 0.163 e. The lowest BCUT2D eigenvalue weighted by Crippen LogP contribution is -1.96. The molecule has 0 fully saturated rings. The first-order valence-electron chi connectivity index (χ1n) is 4.19. The number of benzene rings is 1. The van der Waals surface area contributed by atoms with Crippen LogP contribution < -0.4 is 9.47 Å². The lowest BCUT2D eigenvalue weighted by molar-refractivity contribution is 0.351. The predicted molar refractivity (Wildman–Crippen MR) is 52.5 cm³/mol. The Balaban J connectivity index is 3.09. The van der Waals surface area contributed by atoms with Crippen LogP contribution in [0.3, 0.4) is 0 Å². The molecule has 0 N–H and O–H groups in total. The van der Waals surface area contributed by atoms with Crippen molar-refractivity contribution in [3.63, 3.8) is 0 Å². The van der Waals surface area contributed by atoms with Gasteiger partial charge in [0.25, 0.3) is 0 Å². The van der Waals surface area contributed by atoms with Gasteiger partial charge < -0.3 is 14.8 Å². The minimum absolute atomic E-state index is 0.326. The predicted octanol–water partition coefficient (Wildman–Crippen LogP) is 2.35. The van der Waals surface area contributed by atoms with Gasteiger partial charge in [-0.25, -0.2) is 4.39 Å². The molecule has 0 amide bonds. The molecule has 4 heteroatoms. The average molecular weight is 198 g/mol. The van der Waals surface area contributed by atoms with E-state index in [1.807, 2.05) is 0 Å². The maximum atomic E-state index is 13.3. The standard InChI is InChI=1S/C10H13FNO2/c1-12-6-7-4-9(13-2)10(14-3)5-8(7)11/h4-5H,6H2,1-3H3/q-1. The lowest BCUT2D eigenvalue weighted by atomic mass is 10.2. The van der Waals surface area contributed by atoms with Crippen LogP contribution in [0.2, 0.25) is 0 Å². The minimum atomic E-state index is -0.326. The molecule has 0 atom stereocenters. The van der Waals surface area contributed by atoms with Crippen LogP contribution in [0.25, 0.3) is 5.32 Å². The van der Waals surface area contributed by atoms with Gasteiger partial charge in [-0.3, -0.25) is 0 Å². The summed E-state index contributed by atoms with van der Waals surface area (Å²) in [4.78, 5) is 0. The number of rotatable bonds is 4. The van der Waals surface area contributed by atoms with Crippen molar-refractivity contribution in [2.75, 3.05) is 21.3 Å². The summed E-state index contributed by atoms with van der Waals surface area (Å²) in [6.45, 7) is 0.339. The fourth-order valence-corrected chi connectivity index (χ4v) is 1.19. The Hall–Kier alpha value is -1.29. The first-order valence-corrected chi connectivity index (χ1v) is 4.19. The summed E-state index contributed by atoms with van der Waals surface area (Å²) in [6.07, 6.45) is 0. The molecule has 1 aromatic rings. The van der Waals surface area contributed by atoms with Crippen molar-refractivity contribution >= 4 is 0 Å². The second-order valence-corrected chi connectivity index (χ2v) is 2.77. The van der Waals surface area contributed by atoms with Gasteiger partial charge in [0, 0.05) is 6.07 Å². The SMILES string of the molecule is C[N-]Cc1cc(OC)c(OC)cc1F. The second-order valence-electron chi connectivity index (χ2n) is 2.77. The molecule has 0 aliphatic heterocycles. The summed E-state index contributed by atoms with van der Waals surface area (Å²) >= 11 is 0. The van der Waals surface area contributed by atoms with Crippen LogP contribution in [-0.2, 0) is 6.54 Å². The van der Waals surface area contributed by atoms with E-state index in [-0.39, 0.29) is 5.82 Å². The Morgan fingerprint density at radius 1 is 1.21 bits per heavy atom. The number of halogens is 1. The molecular weight excluding hydrogens is 185 g/mol. The van der Waals surface area contributed by atoms with Crippen LogP contribution in [0.5, 0.6) is 11.5 Å². The van der Waals surface area contributed by atoms with Crippen LogP contribution in [0.4, 0.5) is 4.39 Å². The van der Waals surface area contributed by atoms with Crippen molar-refractivity contribution in [3.05, 3.63) is 28.8 Å². The van der Waals surface area contributed by atoms with Gasteiger partial charge in [-0.2, -0.15) is 7.05 Å². The van der Waals surface area contributed by atoms with Crippen molar-refractivity contribution in [2.24, 2.45) is 0 Å². The highest BCUT2D eigenvalue weighted by Crippen LogP contribution is 2.30. The molecule has 0 aromatic heterocycles. The fraction of sp³-hybridized carbons (Fsp3) is 0.400. The number of hydrogen-bond acceptors (Lipinski definition) is 2. The van der Waals surface area contributed by atoms with Crippen molar-refractivity contribution in [3.8, 4) is 11.5 Å². The third-order valence-electron chi connectivity index (χ3n) is 1.88. The quantitative estimate of drug-likeness (QED) is 0.743. The van der Waals surface area contributed by atoms with Gasteiger partial charge in [-0.05, 0) is 11.6 Å². The first kappa shape index (κ1) is 10.8. The largest absolute Gasteiger partial charge is 0.661 e. The monoisotopic (exact) mass is 198 g/mol. The molecule has 78 valence electrons. The molecule has 0 spiro atoms. The highest BCUT2D eigenvalue weighted by molar-refractivity contribution is 5.44. The van der Waals surface area contributed by atoms with E-state index in [0.29, 0.717) is 23.6 Å². The summed E-state index contributed by atoms with van der Waals surface area (Å²) in [5, 5.41) is 3.86. The topological polar surface area (TPSA) is 32.6 Å². The zero-order valence-electron chi connectivity index (χ0n) is 8.50. The van der Waals surface area contributed by atoms with E-state index in [0.717, 1.165) is 0 Å². The Kier molecular flexibility index (Phi) is 3.71.